The van der Waals surface area contributed by atoms with Crippen molar-refractivity contribution in [2.75, 3.05) is 24.7 Å². The lowest BCUT2D eigenvalue weighted by Crippen LogP contribution is -2.22. The average molecular weight is 330 g/mol. The van der Waals surface area contributed by atoms with Crippen LogP contribution >= 0.6 is 27.7 Å². The predicted octanol–water partition coefficient (Wildman–Crippen LogP) is 3.14. The standard InChI is InChI=1S/C14H20BrNOS/c15-13-4-1-3-12-11(13)5-6-14(12)16-7-10-18-9-2-8-17/h1,3-4,14,16-17H,2,5-10H2. The van der Waals surface area contributed by atoms with Crippen molar-refractivity contribution in [1.82, 2.24) is 5.32 Å². The van der Waals surface area contributed by atoms with Gasteiger partial charge in [0.05, 0.1) is 0 Å². The van der Waals surface area contributed by atoms with Gasteiger partial charge in [-0.1, -0.05) is 28.1 Å². The van der Waals surface area contributed by atoms with Crippen LogP contribution in [0.1, 0.15) is 30.0 Å². The second-order valence-electron chi connectivity index (χ2n) is 4.54. The number of rotatable bonds is 7. The van der Waals surface area contributed by atoms with Crippen molar-refractivity contribution in [3.8, 4) is 0 Å². The summed E-state index contributed by atoms with van der Waals surface area (Å²) in [6.07, 6.45) is 3.29. The number of hydrogen-bond acceptors (Lipinski definition) is 3. The van der Waals surface area contributed by atoms with E-state index in [0.717, 1.165) is 24.5 Å². The Hall–Kier alpha value is -0.0300. The Balaban J connectivity index is 1.75. The highest BCUT2D eigenvalue weighted by atomic mass is 79.9. The molecule has 2 nitrogen and oxygen atoms in total. The van der Waals surface area contributed by atoms with Gasteiger partial charge in [-0.25, -0.2) is 0 Å². The molecular weight excluding hydrogens is 310 g/mol. The van der Waals surface area contributed by atoms with Crippen LogP contribution in [0.2, 0.25) is 0 Å². The molecule has 0 heterocycles. The summed E-state index contributed by atoms with van der Waals surface area (Å²) in [6.45, 7) is 1.36. The molecule has 1 unspecified atom stereocenters. The zero-order valence-electron chi connectivity index (χ0n) is 10.5. The molecule has 18 heavy (non-hydrogen) atoms. The topological polar surface area (TPSA) is 32.3 Å². The minimum absolute atomic E-state index is 0.310. The zero-order valence-corrected chi connectivity index (χ0v) is 12.9. The van der Waals surface area contributed by atoms with Crippen LogP contribution in [0, 0.1) is 0 Å². The van der Waals surface area contributed by atoms with Crippen LogP contribution in [0.15, 0.2) is 22.7 Å². The first-order valence-electron chi connectivity index (χ1n) is 6.52. The van der Waals surface area contributed by atoms with Gasteiger partial charge in [0.1, 0.15) is 0 Å². The Kier molecular flexibility index (Phi) is 6.02. The van der Waals surface area contributed by atoms with E-state index < -0.39 is 0 Å². The maximum Gasteiger partial charge on any atom is 0.0438 e. The summed E-state index contributed by atoms with van der Waals surface area (Å²) in [5.74, 6) is 2.19. The van der Waals surface area contributed by atoms with E-state index in [1.165, 1.54) is 28.4 Å². The maximum absolute atomic E-state index is 8.70. The zero-order chi connectivity index (χ0) is 12.8. The molecule has 0 spiro atoms. The fourth-order valence-electron chi connectivity index (χ4n) is 2.40. The van der Waals surface area contributed by atoms with Crippen LogP contribution in [0.3, 0.4) is 0 Å². The summed E-state index contributed by atoms with van der Waals surface area (Å²) >= 11 is 5.54. The summed E-state index contributed by atoms with van der Waals surface area (Å²) < 4.78 is 1.25. The number of fused-ring (bicyclic) bond motifs is 1. The third-order valence-electron chi connectivity index (χ3n) is 3.30. The fraction of sp³-hybridized carbons (Fsp3) is 0.571. The highest BCUT2D eigenvalue weighted by molar-refractivity contribution is 9.10. The normalized spacial score (nSPS) is 18.0. The van der Waals surface area contributed by atoms with Gasteiger partial charge in [-0.15, -0.1) is 0 Å². The first-order valence-corrected chi connectivity index (χ1v) is 8.47. The Bertz CT molecular complexity index is 386. The van der Waals surface area contributed by atoms with Crippen LogP contribution in [0.4, 0.5) is 0 Å². The summed E-state index contributed by atoms with van der Waals surface area (Å²) in [7, 11) is 0. The lowest BCUT2D eigenvalue weighted by molar-refractivity contribution is 0.296. The third-order valence-corrected chi connectivity index (χ3v) is 5.11. The number of hydrogen-bond donors (Lipinski definition) is 2. The molecule has 0 aliphatic heterocycles. The smallest absolute Gasteiger partial charge is 0.0438 e. The first kappa shape index (κ1) is 14.4. The fourth-order valence-corrected chi connectivity index (χ4v) is 3.78. The van der Waals surface area contributed by atoms with Crippen LogP contribution in [0.5, 0.6) is 0 Å². The molecular formula is C14H20BrNOS. The highest BCUT2D eigenvalue weighted by Crippen LogP contribution is 2.35. The Morgan fingerprint density at radius 1 is 1.39 bits per heavy atom. The summed E-state index contributed by atoms with van der Waals surface area (Å²) in [6, 6.07) is 7.02. The highest BCUT2D eigenvalue weighted by Gasteiger charge is 2.22. The van der Waals surface area contributed by atoms with E-state index in [1.54, 1.807) is 0 Å². The second-order valence-corrected chi connectivity index (χ2v) is 6.62. The molecule has 1 aromatic rings. The molecule has 2 rings (SSSR count). The molecule has 1 aliphatic carbocycles. The van der Waals surface area contributed by atoms with Crippen molar-refractivity contribution in [3.05, 3.63) is 33.8 Å². The Morgan fingerprint density at radius 2 is 2.28 bits per heavy atom. The number of aliphatic hydroxyl groups is 1. The van der Waals surface area contributed by atoms with Crippen molar-refractivity contribution in [2.24, 2.45) is 0 Å². The van der Waals surface area contributed by atoms with Crippen molar-refractivity contribution < 1.29 is 5.11 Å². The van der Waals surface area contributed by atoms with E-state index in [-0.39, 0.29) is 0 Å². The van der Waals surface area contributed by atoms with Crippen molar-refractivity contribution in [1.29, 1.82) is 0 Å². The monoisotopic (exact) mass is 329 g/mol. The minimum Gasteiger partial charge on any atom is -0.396 e. The lowest BCUT2D eigenvalue weighted by atomic mass is 10.1. The molecule has 0 saturated heterocycles. The Labute approximate surface area is 122 Å². The maximum atomic E-state index is 8.70. The quantitative estimate of drug-likeness (QED) is 0.754. The molecule has 1 aromatic carbocycles. The minimum atomic E-state index is 0.310. The summed E-state index contributed by atoms with van der Waals surface area (Å²) in [5, 5.41) is 12.3. The predicted molar refractivity (Wildman–Crippen MR) is 82.2 cm³/mol. The molecule has 0 radical (unpaired) electrons. The van der Waals surface area contributed by atoms with Crippen LogP contribution in [0.25, 0.3) is 0 Å². The molecule has 0 aromatic heterocycles. The molecule has 0 saturated carbocycles. The van der Waals surface area contributed by atoms with Gasteiger partial charge in [0.25, 0.3) is 0 Å². The SMILES string of the molecule is OCCCSCCNC1CCc2c(Br)cccc21. The van der Waals surface area contributed by atoms with E-state index >= 15 is 0 Å². The van der Waals surface area contributed by atoms with Gasteiger partial charge < -0.3 is 10.4 Å². The number of benzene rings is 1. The molecule has 1 aliphatic rings. The van der Waals surface area contributed by atoms with E-state index in [9.17, 15) is 0 Å². The van der Waals surface area contributed by atoms with Crippen LogP contribution in [-0.4, -0.2) is 29.8 Å². The molecule has 1 atom stereocenters. The van der Waals surface area contributed by atoms with Crippen LogP contribution < -0.4 is 5.32 Å². The van der Waals surface area contributed by atoms with Crippen molar-refractivity contribution in [2.45, 2.75) is 25.3 Å². The second kappa shape index (κ2) is 7.53. The van der Waals surface area contributed by atoms with E-state index in [2.05, 4.69) is 39.4 Å². The van der Waals surface area contributed by atoms with Crippen molar-refractivity contribution in [3.63, 3.8) is 0 Å². The molecule has 0 bridgehead atoms. The largest absolute Gasteiger partial charge is 0.396 e. The molecule has 2 N–H and O–H groups in total. The molecule has 0 fully saturated rings. The summed E-state index contributed by atoms with van der Waals surface area (Å²) in [4.78, 5) is 0. The van der Waals surface area contributed by atoms with Gasteiger partial charge in [-0.2, -0.15) is 11.8 Å². The first-order chi connectivity index (χ1) is 8.83. The molecule has 100 valence electrons. The van der Waals surface area contributed by atoms with Gasteiger partial charge in [0, 0.05) is 29.4 Å². The Morgan fingerprint density at radius 3 is 3.11 bits per heavy atom. The van der Waals surface area contributed by atoms with Crippen LogP contribution in [-0.2, 0) is 6.42 Å². The number of nitrogens with one attached hydrogen (secondary N) is 1. The van der Waals surface area contributed by atoms with Gasteiger partial charge in [0.15, 0.2) is 0 Å². The van der Waals surface area contributed by atoms with Gasteiger partial charge in [0.2, 0.25) is 0 Å². The average Bonchev–Trinajstić information content (AvgIpc) is 2.79. The third kappa shape index (κ3) is 3.73. The molecule has 0 amide bonds. The van der Waals surface area contributed by atoms with E-state index in [1.807, 2.05) is 11.8 Å². The number of halogens is 1. The summed E-state index contributed by atoms with van der Waals surface area (Å²) in [5.41, 5.74) is 2.94. The number of thioether (sulfide) groups is 1. The van der Waals surface area contributed by atoms with Crippen molar-refractivity contribution >= 4 is 27.7 Å². The molecule has 4 heteroatoms. The van der Waals surface area contributed by atoms with Gasteiger partial charge in [-0.05, 0) is 42.2 Å². The lowest BCUT2D eigenvalue weighted by Gasteiger charge is -2.14. The van der Waals surface area contributed by atoms with Gasteiger partial charge >= 0.3 is 0 Å². The van der Waals surface area contributed by atoms with E-state index in [4.69, 9.17) is 5.11 Å². The van der Waals surface area contributed by atoms with Gasteiger partial charge in [-0.3, -0.25) is 0 Å². The number of aliphatic hydroxyl groups excluding tert-OH is 1. The van der Waals surface area contributed by atoms with E-state index in [0.29, 0.717) is 12.6 Å².